The average molecular weight is 2370 g/mol. The number of rotatable bonds is 20. The van der Waals surface area contributed by atoms with Crippen molar-refractivity contribution in [2.75, 3.05) is 57.3 Å². The maximum absolute atomic E-state index is 10.0. The van der Waals surface area contributed by atoms with Crippen LogP contribution in [0, 0.1) is 45.0 Å². The molecule has 17 nitrogen and oxygen atoms in total. The minimum Gasteiger partial charge on any atom is -0.540 e. The quantitative estimate of drug-likeness (QED) is 0.0317. The van der Waals surface area contributed by atoms with Gasteiger partial charge in [0.2, 0.25) is 0 Å². The second kappa shape index (κ2) is 47.8. The molecule has 124 heavy (non-hydrogen) atoms. The summed E-state index contributed by atoms with van der Waals surface area (Å²) in [5.74, 6) is 6.19. The second-order valence-corrected chi connectivity index (χ2v) is 29.1. The van der Waals surface area contributed by atoms with Crippen molar-refractivity contribution in [2.24, 2.45) is 0 Å². The number of ketones is 1. The van der Waals surface area contributed by atoms with E-state index in [2.05, 4.69) is 155 Å². The van der Waals surface area contributed by atoms with Crippen molar-refractivity contribution in [1.82, 2.24) is 19.9 Å². The molecule has 4 N–H and O–H groups in total. The van der Waals surface area contributed by atoms with Gasteiger partial charge in [0.25, 0.3) is 0 Å². The van der Waals surface area contributed by atoms with Crippen molar-refractivity contribution >= 4 is 49.5 Å². The Hall–Kier alpha value is -11.0. The molecule has 17 rings (SSSR count). The summed E-state index contributed by atoms with van der Waals surface area (Å²) < 4.78 is 35.3. The molecule has 0 saturated carbocycles. The monoisotopic (exact) mass is 2370 g/mol. The number of anilines is 2. The van der Waals surface area contributed by atoms with Gasteiger partial charge in [-0.05, 0) is 160 Å². The summed E-state index contributed by atoms with van der Waals surface area (Å²) in [6, 6.07) is 90.6. The third-order valence-electron chi connectivity index (χ3n) is 20.6. The van der Waals surface area contributed by atoms with Gasteiger partial charge in [0.05, 0.1) is 33.7 Å². The van der Waals surface area contributed by atoms with Gasteiger partial charge in [0.1, 0.15) is 23.0 Å². The number of aliphatic hydroxyl groups is 4. The number of hydrogen-bond donors (Lipinski definition) is 4. The Morgan fingerprint density at radius 3 is 1.24 bits per heavy atom. The van der Waals surface area contributed by atoms with Crippen LogP contribution >= 0.6 is 0 Å². The van der Waals surface area contributed by atoms with Gasteiger partial charge in [-0.3, -0.25) is 4.79 Å². The Morgan fingerprint density at radius 2 is 0.790 bits per heavy atom. The molecule has 15 aromatic rings. The fourth-order valence-electron chi connectivity index (χ4n) is 14.9. The van der Waals surface area contributed by atoms with Crippen molar-refractivity contribution in [1.29, 1.82) is 0 Å². The van der Waals surface area contributed by atoms with Crippen LogP contribution in [-0.4, -0.2) is 93.7 Å². The molecule has 11 aromatic carbocycles. The van der Waals surface area contributed by atoms with E-state index in [-0.39, 0.29) is 116 Å². The van der Waals surface area contributed by atoms with E-state index in [4.69, 9.17) is 38.5 Å². The van der Waals surface area contributed by atoms with Crippen LogP contribution in [0.25, 0.3) is 88.5 Å². The summed E-state index contributed by atoms with van der Waals surface area (Å²) in [6.07, 6.45) is 14.6. The van der Waals surface area contributed by atoms with Crippen LogP contribution < -0.4 is 38.2 Å². The number of methoxy groups -OCH3 is 3. The van der Waals surface area contributed by atoms with Crippen molar-refractivity contribution in [3.63, 3.8) is 0 Å². The molecule has 2 fully saturated rings. The van der Waals surface area contributed by atoms with Crippen LogP contribution in [0.2, 0.25) is 0 Å². The minimum atomic E-state index is -0.125. The number of allylic oxidation sites excluding steroid dienone is 2. The summed E-state index contributed by atoms with van der Waals surface area (Å²) in [7, 11) is 4.88. The van der Waals surface area contributed by atoms with Crippen LogP contribution in [-0.2, 0) is 109 Å². The average Bonchev–Trinajstić information content (AvgIpc) is 0.919. The molecule has 0 radical (unpaired) electrons. The number of aliphatic hydroxyl groups excluding tert-OH is 4. The number of hydrogen-bond acceptors (Lipinski definition) is 17. The van der Waals surface area contributed by atoms with Crippen molar-refractivity contribution in [3.8, 4) is 108 Å². The standard InChI is InChI=1S/C41H26NO3.C22H22NO2.C18H21N2O2.C17H19N2O2.C5H8O2.4Pt/c1-4-16-33-28(10-1)13-7-19-38(33)43-31-22-23-36(41(27-31)45-40-21-9-15-30-12-3-6-18-35(30)40)37-26-32(24-25-42-37)44-39-20-8-14-29-11-2-5-17-34(29)39;1-14-9-15(2)22(16(3)10-14)20-12-18(25-4)5-6-19(20)21-11-17(13-24)7-8-23-21;1-22-16-5-6-17(14(11-16)13-21)18-12-15(7-8-19-18)20-9-3-2-4-10-20;1-21-15-4-5-16(13(10-15)12-20)17-11-14(6-7-18-17)19-8-2-3-9-19;1-4(6)3-5(2)7;;;;/h1-22,24-27H;5,7-12,24H,13H2,1-4H3;5,7-8,11-12,21H,2-4,9-10,13H2,1H3;4,6-7,10-11,20H,2-3,8-9,12H2,1H3;3,6H,1-2H3;;;;/q4*-1;;;;;. The molecule has 6 heterocycles. The van der Waals surface area contributed by atoms with Crippen LogP contribution in [0.3, 0.4) is 0 Å². The first kappa shape index (κ1) is 96.9. The fraction of sp³-hybridized carbons (Fsp3) is 0.194. The number of carbonyl (C=O) groups excluding carboxylic acids is 1. The minimum absolute atomic E-state index is 0. The number of carbonyl (C=O) groups is 1. The first-order valence-electron chi connectivity index (χ1n) is 40.0. The molecule has 21 heteroatoms. The van der Waals surface area contributed by atoms with Gasteiger partial charge in [0.15, 0.2) is 5.78 Å². The van der Waals surface area contributed by atoms with E-state index in [1.54, 1.807) is 45.9 Å². The number of fused-ring (bicyclic) bond motifs is 3. The van der Waals surface area contributed by atoms with E-state index >= 15 is 0 Å². The molecule has 0 amide bonds. The molecule has 2 aliphatic heterocycles. The van der Waals surface area contributed by atoms with Gasteiger partial charge >= 0.3 is 0 Å². The normalized spacial score (nSPS) is 11.9. The number of aryl methyl sites for hydroxylation is 3. The predicted molar refractivity (Wildman–Crippen MR) is 478 cm³/mol. The molecule has 0 aliphatic carbocycles. The van der Waals surface area contributed by atoms with E-state index in [1.165, 1.54) is 85.7 Å². The van der Waals surface area contributed by atoms with E-state index in [0.29, 0.717) is 40.0 Å². The molecule has 0 bridgehead atoms. The Kier molecular flexibility index (Phi) is 37.3. The molecule has 2 saturated heterocycles. The number of aromatic nitrogens is 4. The third-order valence-corrected chi connectivity index (χ3v) is 20.6. The van der Waals surface area contributed by atoms with E-state index in [1.807, 2.05) is 152 Å². The smallest absolute Gasteiger partial charge is 0.155 e. The van der Waals surface area contributed by atoms with E-state index in [9.17, 15) is 20.1 Å². The SMILES string of the molecule is CC(=O)C=C(C)O.COc1c[c-]c(-c2cc(CO)ccn2)c(-c2c(C)cc(C)cc2C)c1.COc1c[c-]c(-c2cc(N3CCCC3)ccn2)c(CO)c1.COc1c[c-]c(-c2cc(N3CCCCC3)ccn2)c(CO)c1.[Pt].[Pt].[Pt].[Pt].[c-]1cc(Oc2cccc3ccccc23)cc(Oc2cccc3ccccc23)c1-c1cc(Oc2cccc3ccccc23)ccn1. The molecule has 0 atom stereocenters. The second-order valence-electron chi connectivity index (χ2n) is 29.1. The zero-order chi connectivity index (χ0) is 83.9. The zero-order valence-corrected chi connectivity index (χ0v) is 79.1. The van der Waals surface area contributed by atoms with Gasteiger partial charge in [-0.2, -0.15) is 0 Å². The number of piperidine rings is 1. The first-order valence-corrected chi connectivity index (χ1v) is 40.0. The Labute approximate surface area is 783 Å². The predicted octanol–water partition coefficient (Wildman–Crippen LogP) is 22.7. The van der Waals surface area contributed by atoms with Gasteiger partial charge in [-0.1, -0.05) is 208 Å². The Morgan fingerprint density at radius 1 is 0.395 bits per heavy atom. The summed E-state index contributed by atoms with van der Waals surface area (Å²) >= 11 is 0. The molecular weight excluding hydrogens is 2280 g/mol. The summed E-state index contributed by atoms with van der Waals surface area (Å²) in [5.41, 5.74) is 17.0. The van der Waals surface area contributed by atoms with Crippen LogP contribution in [0.5, 0.6) is 51.7 Å². The Bertz CT molecular complexity index is 6060. The van der Waals surface area contributed by atoms with E-state index in [0.717, 1.165) is 138 Å². The first-order chi connectivity index (χ1) is 58.6. The number of pyridine rings is 4. The fourth-order valence-corrected chi connectivity index (χ4v) is 14.9. The van der Waals surface area contributed by atoms with Crippen molar-refractivity contribution < 1.29 is 138 Å². The summed E-state index contributed by atoms with van der Waals surface area (Å²) in [4.78, 5) is 32.9. The molecule has 0 spiro atoms. The largest absolute Gasteiger partial charge is 0.540 e. The number of benzene rings is 11. The van der Waals surface area contributed by atoms with Crippen molar-refractivity contribution in [3.05, 3.63) is 331 Å². The van der Waals surface area contributed by atoms with Gasteiger partial charge in [-0.15, -0.1) is 65.2 Å². The maximum atomic E-state index is 10.0. The van der Waals surface area contributed by atoms with Crippen LogP contribution in [0.4, 0.5) is 11.4 Å². The van der Waals surface area contributed by atoms with Crippen LogP contribution in [0.1, 0.15) is 79.3 Å². The van der Waals surface area contributed by atoms with Gasteiger partial charge in [0, 0.05) is 211 Å². The zero-order valence-electron chi connectivity index (χ0n) is 70.0. The molecule has 648 valence electrons. The van der Waals surface area contributed by atoms with Gasteiger partial charge in [-0.25, -0.2) is 0 Å². The summed E-state index contributed by atoms with van der Waals surface area (Å²) in [5, 5.41) is 43.4. The molecule has 2 aliphatic rings. The number of nitrogens with zero attached hydrogens (tertiary/aromatic N) is 6. The summed E-state index contributed by atoms with van der Waals surface area (Å²) in [6.45, 7) is 13.5. The molecule has 4 aromatic heterocycles. The third kappa shape index (κ3) is 25.2. The molecular formula is C103H96N6O11Pt4-4. The molecule has 0 unspecified atom stereocenters. The topological polar surface area (TPSA) is 211 Å². The maximum Gasteiger partial charge on any atom is 0.155 e. The Balaban J connectivity index is 0.000000190. The van der Waals surface area contributed by atoms with E-state index < -0.39 is 0 Å². The van der Waals surface area contributed by atoms with Crippen molar-refractivity contribution in [2.45, 2.75) is 86.5 Å². The number of ether oxygens (including phenoxy) is 6. The van der Waals surface area contributed by atoms with Gasteiger partial charge < -0.3 is 78.6 Å². The van der Waals surface area contributed by atoms with Crippen LogP contribution in [0.15, 0.2) is 273 Å².